The molecule has 6 aromatic carbocycles. The van der Waals surface area contributed by atoms with Gasteiger partial charge in [0, 0.05) is 71.0 Å². The van der Waals surface area contributed by atoms with Crippen LogP contribution >= 0.6 is 45.3 Å². The Morgan fingerprint density at radius 3 is 0.519 bits per heavy atom. The van der Waals surface area contributed by atoms with E-state index >= 15 is 43.9 Å². The SMILES string of the molecule is Cc1cc(C)c(-c2c3nc(c(-c4c(F)c(F)c(F)c(F)c4F)c4nc(c(-c5c(C)cc(C)cc5C)c5ccc(s5)c5ccc(s5)c(-c5c(C)cc(C)cc5C)c5nc(c(-c6c(F)c(F)c(F)c(F)c6F)c6nc(c(-c7c(C)cc(C)cc7C)c7ccc(s7)c7ccc2s7)C=C6)C=C5)C=C4)C=C3)c(C)c1. The van der Waals surface area contributed by atoms with Crippen molar-refractivity contribution in [1.29, 1.82) is 0 Å². The lowest BCUT2D eigenvalue weighted by Crippen LogP contribution is -2.06. The number of nitrogens with zero attached hydrogens (tertiary/aromatic N) is 4. The van der Waals surface area contributed by atoms with E-state index in [0.29, 0.717) is 63.8 Å². The summed E-state index contributed by atoms with van der Waals surface area (Å²) in [5.41, 5.74) is 14.1. The summed E-state index contributed by atoms with van der Waals surface area (Å²) in [4.78, 5) is 20.6. The molecule has 5 aromatic heterocycles. The van der Waals surface area contributed by atoms with Crippen molar-refractivity contribution in [3.8, 4) is 66.8 Å². The molecule has 16 bridgehead atoms. The summed E-state index contributed by atoms with van der Waals surface area (Å²) < 4.78 is 167. The van der Waals surface area contributed by atoms with Crippen molar-refractivity contribution in [2.75, 3.05) is 0 Å². The first-order valence-corrected chi connectivity index (χ1v) is 36.5. The summed E-state index contributed by atoms with van der Waals surface area (Å²) in [5.74, 6) is -21.4. The van der Waals surface area contributed by atoms with Gasteiger partial charge in [-0.3, -0.25) is 0 Å². The van der Waals surface area contributed by atoms with E-state index in [4.69, 9.17) is 19.9 Å². The van der Waals surface area contributed by atoms with Gasteiger partial charge in [0.25, 0.3) is 0 Å². The predicted molar refractivity (Wildman–Crippen MR) is 412 cm³/mol. The second-order valence-corrected chi connectivity index (χ2v) is 31.1. The van der Waals surface area contributed by atoms with Gasteiger partial charge in [-0.1, -0.05) is 70.8 Å². The van der Waals surface area contributed by atoms with Crippen molar-refractivity contribution in [2.24, 2.45) is 0 Å². The summed E-state index contributed by atoms with van der Waals surface area (Å²) in [7, 11) is 0. The lowest BCUT2D eigenvalue weighted by molar-refractivity contribution is 0.381. The van der Waals surface area contributed by atoms with Crippen LogP contribution in [0.1, 0.15) is 112 Å². The molecule has 0 saturated heterocycles. The molecule has 518 valence electrons. The maximum atomic E-state index is 16.9. The number of hydrogen-bond donors (Lipinski definition) is 0. The van der Waals surface area contributed by atoms with Gasteiger partial charge in [0.05, 0.1) is 56.7 Å². The van der Waals surface area contributed by atoms with Crippen LogP contribution in [-0.2, 0) is 0 Å². The Labute approximate surface area is 608 Å². The Morgan fingerprint density at radius 1 is 0.183 bits per heavy atom. The highest BCUT2D eigenvalue weighted by molar-refractivity contribution is 7.31. The molecule has 4 nitrogen and oxygen atoms in total. The van der Waals surface area contributed by atoms with Crippen LogP contribution in [0.2, 0.25) is 0 Å². The van der Waals surface area contributed by atoms with Crippen LogP contribution in [0, 0.1) is 141 Å². The van der Waals surface area contributed by atoms with Crippen molar-refractivity contribution in [2.45, 2.75) is 83.1 Å². The zero-order valence-electron chi connectivity index (χ0n) is 58.1. The molecule has 0 spiro atoms. The average molecular weight is 1470 g/mol. The van der Waals surface area contributed by atoms with Gasteiger partial charge in [-0.25, -0.2) is 63.8 Å². The molecule has 11 aromatic rings. The fourth-order valence-electron chi connectivity index (χ4n) is 15.2. The monoisotopic (exact) mass is 1470 g/mol. The molecule has 0 N–H and O–H groups in total. The zero-order valence-corrected chi connectivity index (χ0v) is 61.3. The van der Waals surface area contributed by atoms with Gasteiger partial charge in [-0.05, 0) is 247 Å². The van der Waals surface area contributed by atoms with Gasteiger partial charge in [-0.15, -0.1) is 45.3 Å². The highest BCUT2D eigenvalue weighted by Crippen LogP contribution is 2.49. The number of aryl methyl sites for hydroxylation is 12. The normalized spacial score (nSPS) is 12.4. The van der Waals surface area contributed by atoms with Crippen molar-refractivity contribution < 1.29 is 43.9 Å². The van der Waals surface area contributed by atoms with Gasteiger partial charge in [-0.2, -0.15) is 0 Å². The van der Waals surface area contributed by atoms with Crippen molar-refractivity contribution in [1.82, 2.24) is 19.9 Å². The van der Waals surface area contributed by atoms with E-state index in [0.717, 1.165) is 108 Å². The number of hydrogen-bond acceptors (Lipinski definition) is 8. The summed E-state index contributed by atoms with van der Waals surface area (Å²) in [6.45, 7) is 23.6. The number of benzene rings is 6. The van der Waals surface area contributed by atoms with Crippen LogP contribution in [0.3, 0.4) is 0 Å². The molecule has 0 amide bonds. The second kappa shape index (κ2) is 26.5. The molecule has 0 aliphatic carbocycles. The van der Waals surface area contributed by atoms with E-state index in [-0.39, 0.29) is 22.8 Å². The fourth-order valence-corrected chi connectivity index (χ4v) is 19.7. The highest BCUT2D eigenvalue weighted by atomic mass is 32.1. The highest BCUT2D eigenvalue weighted by Gasteiger charge is 2.34. The van der Waals surface area contributed by atoms with Crippen LogP contribution in [0.4, 0.5) is 43.9 Å². The molecule has 0 radical (unpaired) electrons. The molecule has 9 heterocycles. The lowest BCUT2D eigenvalue weighted by atomic mass is 9.93. The van der Waals surface area contributed by atoms with Gasteiger partial charge < -0.3 is 0 Å². The quantitative estimate of drug-likeness (QED) is 0.0946. The maximum Gasteiger partial charge on any atom is 0.200 e. The minimum absolute atomic E-state index is 0.116. The Balaban J connectivity index is 1.14. The van der Waals surface area contributed by atoms with E-state index in [2.05, 4.69) is 0 Å². The van der Waals surface area contributed by atoms with E-state index in [1.807, 2.05) is 180 Å². The van der Waals surface area contributed by atoms with E-state index in [1.165, 1.54) is 69.7 Å². The summed E-state index contributed by atoms with van der Waals surface area (Å²) in [5, 5.41) is 0. The molecular weight excluding hydrogens is 1410 g/mol. The smallest absolute Gasteiger partial charge is 0.200 e. The molecule has 0 saturated carbocycles. The Kier molecular flexibility index (Phi) is 17.7. The Hall–Kier alpha value is -10.2. The minimum atomic E-state index is -2.31. The topological polar surface area (TPSA) is 51.6 Å². The average Bonchev–Trinajstić information content (AvgIpc) is 1.54. The molecule has 18 heteroatoms. The van der Waals surface area contributed by atoms with Crippen molar-refractivity contribution in [3.63, 3.8) is 0 Å². The molecular formula is C86H60F10N4S4. The molecule has 4 aliphatic heterocycles. The third-order valence-electron chi connectivity index (χ3n) is 19.1. The lowest BCUT2D eigenvalue weighted by Gasteiger charge is -2.13. The number of aromatic nitrogens is 4. The van der Waals surface area contributed by atoms with Crippen LogP contribution in [0.15, 0.2) is 97.1 Å². The van der Waals surface area contributed by atoms with Crippen molar-refractivity contribution in [3.05, 3.63) is 268 Å². The first-order chi connectivity index (χ1) is 49.6. The van der Waals surface area contributed by atoms with Crippen LogP contribution in [-0.4, -0.2) is 19.9 Å². The summed E-state index contributed by atoms with van der Waals surface area (Å²) in [6.07, 6.45) is 12.7. The molecule has 0 fully saturated rings. The van der Waals surface area contributed by atoms with Gasteiger partial charge >= 0.3 is 0 Å². The number of halogens is 10. The fraction of sp³-hybridized carbons (Fsp3) is 0.140. The molecule has 4 aliphatic rings. The maximum absolute atomic E-state index is 16.9. The summed E-state index contributed by atoms with van der Waals surface area (Å²) in [6, 6.07) is 31.8. The largest absolute Gasteiger partial charge is 0.248 e. The second-order valence-electron chi connectivity index (χ2n) is 26.8. The van der Waals surface area contributed by atoms with E-state index < -0.39 is 80.4 Å². The number of fused-ring (bicyclic) bond motifs is 18. The van der Waals surface area contributed by atoms with Gasteiger partial charge in [0.2, 0.25) is 11.6 Å². The minimum Gasteiger partial charge on any atom is -0.248 e. The first kappa shape index (κ1) is 69.5. The molecule has 0 atom stereocenters. The Morgan fingerprint density at radius 2 is 0.337 bits per heavy atom. The zero-order chi connectivity index (χ0) is 73.5. The van der Waals surface area contributed by atoms with Crippen LogP contribution < -0.4 is 0 Å². The predicted octanol–water partition coefficient (Wildman–Crippen LogP) is 26.8. The molecule has 0 unspecified atom stereocenters. The number of thiophene rings is 4. The Bertz CT molecular complexity index is 5440. The summed E-state index contributed by atoms with van der Waals surface area (Å²) >= 11 is 5.72. The van der Waals surface area contributed by atoms with E-state index in [9.17, 15) is 0 Å². The van der Waals surface area contributed by atoms with Gasteiger partial charge in [0.15, 0.2) is 46.5 Å². The third kappa shape index (κ3) is 11.7. The van der Waals surface area contributed by atoms with Gasteiger partial charge in [0.1, 0.15) is 0 Å². The third-order valence-corrected chi connectivity index (χ3v) is 23.9. The standard InChI is InChI=1S/C86H60F10N4S4/c1-37-29-41(5)65(42(6)30-37)71-53-17-13-49(97-53)69(75-77(87)81(91)85(95)82(92)78(75)88)50-14-18-54(98-50)73(67-45(9)33-39(3)34-46(67)10)63-27-23-59(103-63)60-24-28-64(104-60)74(68-47(11)35-40(4)36-48(68)12)56-20-16-52(100-56)70(76-79(89)83(93)86(96)84(94)80(76)90)51-15-19-55(99-51)72(66-43(7)31-38(2)32-44(66)8)62-26-22-58(102-62)57-21-25-61(71)101-57/h13-36H,1-12H3. The molecule has 15 rings (SSSR count). The van der Waals surface area contributed by atoms with Crippen LogP contribution in [0.25, 0.3) is 153 Å². The van der Waals surface area contributed by atoms with Crippen molar-refractivity contribution >= 4 is 132 Å². The number of rotatable bonds is 6. The first-order valence-electron chi connectivity index (χ1n) is 33.2. The van der Waals surface area contributed by atoms with E-state index in [1.54, 1.807) is 24.3 Å². The van der Waals surface area contributed by atoms with Crippen LogP contribution in [0.5, 0.6) is 0 Å². The molecule has 104 heavy (non-hydrogen) atoms.